The Labute approximate surface area is 107 Å². The Kier molecular flexibility index (Phi) is 2.85. The Morgan fingerprint density at radius 1 is 1.00 bits per heavy atom. The minimum absolute atomic E-state index is 0.285. The van der Waals surface area contributed by atoms with Crippen molar-refractivity contribution >= 4 is 11.4 Å². The van der Waals surface area contributed by atoms with Crippen molar-refractivity contribution in [1.82, 2.24) is 0 Å². The zero-order valence-corrected chi connectivity index (χ0v) is 10.4. The summed E-state index contributed by atoms with van der Waals surface area (Å²) in [5, 5.41) is 3.46. The summed E-state index contributed by atoms with van der Waals surface area (Å²) in [4.78, 5) is 4.84. The van der Waals surface area contributed by atoms with Crippen molar-refractivity contribution in [3.8, 4) is 0 Å². The van der Waals surface area contributed by atoms with Crippen molar-refractivity contribution in [2.24, 2.45) is 4.99 Å². The van der Waals surface area contributed by atoms with E-state index in [2.05, 4.69) is 60.8 Å². The first kappa shape index (κ1) is 11.0. The van der Waals surface area contributed by atoms with Gasteiger partial charge in [0, 0.05) is 23.4 Å². The van der Waals surface area contributed by atoms with Gasteiger partial charge in [0.15, 0.2) is 0 Å². The van der Waals surface area contributed by atoms with E-state index in [1.807, 2.05) is 6.07 Å². The first-order chi connectivity index (χ1) is 8.84. The van der Waals surface area contributed by atoms with Gasteiger partial charge in [-0.15, -0.1) is 0 Å². The van der Waals surface area contributed by atoms with E-state index in [-0.39, 0.29) is 6.04 Å². The van der Waals surface area contributed by atoms with Crippen LogP contribution in [0.15, 0.2) is 59.6 Å². The Morgan fingerprint density at radius 3 is 2.56 bits per heavy atom. The fraction of sp³-hybridized carbons (Fsp3) is 0.188. The number of nitrogens with zero attached hydrogens (tertiary/aromatic N) is 1. The molecule has 0 radical (unpaired) electrons. The molecular weight excluding hydrogens is 220 g/mol. The number of para-hydroxylation sites is 1. The van der Waals surface area contributed by atoms with E-state index in [1.54, 1.807) is 0 Å². The number of benzene rings is 2. The van der Waals surface area contributed by atoms with Gasteiger partial charge in [0.1, 0.15) is 0 Å². The van der Waals surface area contributed by atoms with Gasteiger partial charge in [0.25, 0.3) is 0 Å². The molecule has 0 aromatic heterocycles. The van der Waals surface area contributed by atoms with Gasteiger partial charge in [-0.05, 0) is 13.0 Å². The predicted molar refractivity (Wildman–Crippen MR) is 76.5 cm³/mol. The number of hydrogen-bond donors (Lipinski definition) is 1. The fourth-order valence-electron chi connectivity index (χ4n) is 2.26. The number of nitrogens with one attached hydrogen (secondary N) is 1. The fourth-order valence-corrected chi connectivity index (χ4v) is 2.26. The molecular formula is C16H16N2. The normalized spacial score (nSPS) is 18.3. The monoisotopic (exact) mass is 236 g/mol. The van der Waals surface area contributed by atoms with Crippen molar-refractivity contribution < 1.29 is 0 Å². The van der Waals surface area contributed by atoms with Crippen LogP contribution < -0.4 is 5.32 Å². The number of benzodiazepines with no additional fused rings is 1. The second-order valence-corrected chi connectivity index (χ2v) is 4.62. The van der Waals surface area contributed by atoms with Gasteiger partial charge in [-0.2, -0.15) is 0 Å². The summed E-state index contributed by atoms with van der Waals surface area (Å²) in [7, 11) is 0. The van der Waals surface area contributed by atoms with E-state index < -0.39 is 0 Å². The van der Waals surface area contributed by atoms with E-state index in [0.717, 1.165) is 12.3 Å². The van der Waals surface area contributed by atoms with Crippen molar-refractivity contribution in [3.05, 3.63) is 65.7 Å². The lowest BCUT2D eigenvalue weighted by Crippen LogP contribution is -2.12. The Balaban J connectivity index is 2.16. The van der Waals surface area contributed by atoms with Crippen molar-refractivity contribution in [2.75, 3.05) is 11.9 Å². The molecule has 1 aliphatic rings. The van der Waals surface area contributed by atoms with E-state index in [9.17, 15) is 0 Å². The van der Waals surface area contributed by atoms with Crippen LogP contribution in [0, 0.1) is 0 Å². The molecule has 0 saturated carbocycles. The number of hydrogen-bond acceptors (Lipinski definition) is 2. The summed E-state index contributed by atoms with van der Waals surface area (Å²) < 4.78 is 0. The van der Waals surface area contributed by atoms with Crippen LogP contribution >= 0.6 is 0 Å². The van der Waals surface area contributed by atoms with Crippen molar-refractivity contribution in [3.63, 3.8) is 0 Å². The molecule has 0 amide bonds. The highest BCUT2D eigenvalue weighted by Gasteiger charge is 2.16. The standard InChI is InChI=1S/C16H16N2/c1-12-11-17-15-10-6-5-9-14(15)16(18-12)13-7-3-2-4-8-13/h2-10,12,17H,11H2,1H3. The number of fused-ring (bicyclic) bond motifs is 1. The first-order valence-electron chi connectivity index (χ1n) is 6.31. The van der Waals surface area contributed by atoms with Crippen LogP contribution in [-0.2, 0) is 0 Å². The van der Waals surface area contributed by atoms with E-state index >= 15 is 0 Å². The highest BCUT2D eigenvalue weighted by atomic mass is 15.0. The summed E-state index contributed by atoms with van der Waals surface area (Å²) in [5.41, 5.74) is 4.63. The van der Waals surface area contributed by atoms with Crippen LogP contribution in [0.3, 0.4) is 0 Å². The molecule has 2 aromatic rings. The molecule has 0 fully saturated rings. The average Bonchev–Trinajstić information content (AvgIpc) is 2.60. The highest BCUT2D eigenvalue weighted by Crippen LogP contribution is 2.23. The largest absolute Gasteiger partial charge is 0.382 e. The third kappa shape index (κ3) is 2.02. The van der Waals surface area contributed by atoms with Crippen LogP contribution in [0.2, 0.25) is 0 Å². The van der Waals surface area contributed by atoms with Gasteiger partial charge in [0.2, 0.25) is 0 Å². The topological polar surface area (TPSA) is 24.4 Å². The molecule has 0 saturated heterocycles. The van der Waals surface area contributed by atoms with Gasteiger partial charge < -0.3 is 5.32 Å². The molecule has 1 aliphatic heterocycles. The second kappa shape index (κ2) is 4.65. The van der Waals surface area contributed by atoms with Gasteiger partial charge in [-0.1, -0.05) is 48.5 Å². The molecule has 1 unspecified atom stereocenters. The lowest BCUT2D eigenvalue weighted by Gasteiger charge is -2.09. The Morgan fingerprint density at radius 2 is 1.72 bits per heavy atom. The average molecular weight is 236 g/mol. The van der Waals surface area contributed by atoms with Crippen molar-refractivity contribution in [1.29, 1.82) is 0 Å². The van der Waals surface area contributed by atoms with Crippen LogP contribution in [0.4, 0.5) is 5.69 Å². The number of anilines is 1. The van der Waals surface area contributed by atoms with Crippen LogP contribution in [-0.4, -0.2) is 18.3 Å². The third-order valence-electron chi connectivity index (χ3n) is 3.17. The Hall–Kier alpha value is -2.09. The minimum atomic E-state index is 0.285. The quantitative estimate of drug-likeness (QED) is 0.807. The summed E-state index contributed by atoms with van der Waals surface area (Å²) in [6, 6.07) is 19.0. The van der Waals surface area contributed by atoms with Crippen LogP contribution in [0.5, 0.6) is 0 Å². The molecule has 2 aromatic carbocycles. The van der Waals surface area contributed by atoms with Gasteiger partial charge in [0.05, 0.1) is 11.8 Å². The molecule has 18 heavy (non-hydrogen) atoms. The van der Waals surface area contributed by atoms with Crippen molar-refractivity contribution in [2.45, 2.75) is 13.0 Å². The maximum atomic E-state index is 4.84. The Bertz CT molecular complexity index is 573. The molecule has 1 heterocycles. The molecule has 0 spiro atoms. The lowest BCUT2D eigenvalue weighted by molar-refractivity contribution is 0.788. The molecule has 0 aliphatic carbocycles. The highest BCUT2D eigenvalue weighted by molar-refractivity contribution is 6.16. The summed E-state index contributed by atoms with van der Waals surface area (Å²) in [5.74, 6) is 0. The third-order valence-corrected chi connectivity index (χ3v) is 3.17. The molecule has 2 heteroatoms. The summed E-state index contributed by atoms with van der Waals surface area (Å²) in [6.07, 6.45) is 0. The first-order valence-corrected chi connectivity index (χ1v) is 6.31. The van der Waals surface area contributed by atoms with Gasteiger partial charge >= 0.3 is 0 Å². The minimum Gasteiger partial charge on any atom is -0.382 e. The zero-order valence-electron chi connectivity index (χ0n) is 10.4. The lowest BCUT2D eigenvalue weighted by atomic mass is 10.0. The molecule has 1 atom stereocenters. The van der Waals surface area contributed by atoms with Crippen LogP contribution in [0.1, 0.15) is 18.1 Å². The van der Waals surface area contributed by atoms with E-state index in [4.69, 9.17) is 4.99 Å². The van der Waals surface area contributed by atoms with Crippen LogP contribution in [0.25, 0.3) is 0 Å². The molecule has 2 nitrogen and oxygen atoms in total. The molecule has 1 N–H and O–H groups in total. The molecule has 3 rings (SSSR count). The smallest absolute Gasteiger partial charge is 0.0743 e. The van der Waals surface area contributed by atoms with Gasteiger partial charge in [-0.3, -0.25) is 4.99 Å². The number of rotatable bonds is 1. The molecule has 0 bridgehead atoms. The summed E-state index contributed by atoms with van der Waals surface area (Å²) >= 11 is 0. The summed E-state index contributed by atoms with van der Waals surface area (Å²) in [6.45, 7) is 3.02. The SMILES string of the molecule is CC1CNc2ccccc2C(c2ccccc2)=N1. The second-order valence-electron chi connectivity index (χ2n) is 4.62. The predicted octanol–water partition coefficient (Wildman–Crippen LogP) is 3.34. The zero-order chi connectivity index (χ0) is 12.4. The maximum absolute atomic E-state index is 4.84. The number of aliphatic imine (C=N–C) groups is 1. The van der Waals surface area contributed by atoms with E-state index in [1.165, 1.54) is 16.8 Å². The van der Waals surface area contributed by atoms with Gasteiger partial charge in [-0.25, -0.2) is 0 Å². The maximum Gasteiger partial charge on any atom is 0.0743 e. The van der Waals surface area contributed by atoms with E-state index in [0.29, 0.717) is 0 Å². The molecule has 90 valence electrons.